The Balaban J connectivity index is 1.62. The summed E-state index contributed by atoms with van der Waals surface area (Å²) in [7, 11) is 0. The Bertz CT molecular complexity index is 752. The Morgan fingerprint density at radius 2 is 1.71 bits per heavy atom. The van der Waals surface area contributed by atoms with E-state index in [1.54, 1.807) is 27.8 Å². The third-order valence-corrected chi connectivity index (χ3v) is 9.20. The lowest BCUT2D eigenvalue weighted by molar-refractivity contribution is 0.142. The van der Waals surface area contributed by atoms with E-state index in [0.29, 0.717) is 17.3 Å². The third kappa shape index (κ3) is 3.29. The molecule has 0 saturated heterocycles. The van der Waals surface area contributed by atoms with Crippen LogP contribution in [0, 0.1) is 36.0 Å². The minimum atomic E-state index is 0.493. The zero-order valence-corrected chi connectivity index (χ0v) is 19.3. The molecular formula is C28H42. The average Bonchev–Trinajstić information content (AvgIpc) is 3.03. The standard InChI is InChI=1S/C28H42/c1-18(2)19(3)11-12-20(4)26-13-14-27-25-17-22-9-7-8-10-23(22)21(5)24(25)15-16-28(26,27)6/h11-12,17-20,26-27H,7-10,13-16H2,1-6H3/b12-11+. The second kappa shape index (κ2) is 7.66. The minimum absolute atomic E-state index is 0.493. The topological polar surface area (TPSA) is 0 Å². The highest BCUT2D eigenvalue weighted by atomic mass is 14.5. The summed E-state index contributed by atoms with van der Waals surface area (Å²) in [6, 6.07) is 2.68. The maximum Gasteiger partial charge on any atom is -0.0102 e. The second-order valence-corrected chi connectivity index (χ2v) is 11.0. The first-order chi connectivity index (χ1) is 13.3. The molecule has 1 fully saturated rings. The van der Waals surface area contributed by atoms with Crippen molar-refractivity contribution in [3.8, 4) is 0 Å². The molecule has 0 spiro atoms. The van der Waals surface area contributed by atoms with Crippen LogP contribution in [-0.4, -0.2) is 0 Å². The summed E-state index contributed by atoms with van der Waals surface area (Å²) in [6.07, 6.45) is 16.0. The summed E-state index contributed by atoms with van der Waals surface area (Å²) >= 11 is 0. The molecule has 0 heteroatoms. The molecule has 28 heavy (non-hydrogen) atoms. The first kappa shape index (κ1) is 20.2. The van der Waals surface area contributed by atoms with Gasteiger partial charge in [0.1, 0.15) is 0 Å². The number of benzene rings is 1. The summed E-state index contributed by atoms with van der Waals surface area (Å²) < 4.78 is 0. The van der Waals surface area contributed by atoms with E-state index in [0.717, 1.165) is 17.8 Å². The smallest absolute Gasteiger partial charge is 0.0102 e. The normalized spacial score (nSPS) is 31.5. The van der Waals surface area contributed by atoms with E-state index >= 15 is 0 Å². The van der Waals surface area contributed by atoms with E-state index in [1.165, 1.54) is 51.4 Å². The van der Waals surface area contributed by atoms with Gasteiger partial charge in [0.15, 0.2) is 0 Å². The molecule has 0 nitrogen and oxygen atoms in total. The number of allylic oxidation sites excluding steroid dienone is 2. The van der Waals surface area contributed by atoms with Crippen molar-refractivity contribution in [2.75, 3.05) is 0 Å². The fourth-order valence-corrected chi connectivity index (χ4v) is 6.93. The van der Waals surface area contributed by atoms with Gasteiger partial charge in [-0.2, -0.15) is 0 Å². The quantitative estimate of drug-likeness (QED) is 0.469. The highest BCUT2D eigenvalue weighted by Crippen LogP contribution is 2.61. The van der Waals surface area contributed by atoms with Crippen LogP contribution in [0.15, 0.2) is 18.2 Å². The number of fused-ring (bicyclic) bond motifs is 4. The van der Waals surface area contributed by atoms with Crippen LogP contribution in [0.5, 0.6) is 0 Å². The van der Waals surface area contributed by atoms with E-state index in [4.69, 9.17) is 0 Å². The Labute approximate surface area is 174 Å². The van der Waals surface area contributed by atoms with Crippen molar-refractivity contribution < 1.29 is 0 Å². The van der Waals surface area contributed by atoms with Crippen LogP contribution >= 0.6 is 0 Å². The zero-order chi connectivity index (χ0) is 20.1. The van der Waals surface area contributed by atoms with Crippen LogP contribution in [0.1, 0.15) is 100 Å². The molecule has 0 bridgehead atoms. The van der Waals surface area contributed by atoms with Gasteiger partial charge in [0.05, 0.1) is 0 Å². The third-order valence-electron chi connectivity index (χ3n) is 9.20. The summed E-state index contributed by atoms with van der Waals surface area (Å²) in [4.78, 5) is 0. The van der Waals surface area contributed by atoms with Gasteiger partial charge in [0, 0.05) is 0 Å². The molecule has 0 amide bonds. The molecule has 0 N–H and O–H groups in total. The number of hydrogen-bond donors (Lipinski definition) is 0. The first-order valence-corrected chi connectivity index (χ1v) is 12.2. The largest absolute Gasteiger partial charge is 0.0852 e. The molecule has 0 radical (unpaired) electrons. The van der Waals surface area contributed by atoms with Crippen LogP contribution in [0.3, 0.4) is 0 Å². The molecule has 0 heterocycles. The molecule has 3 aliphatic rings. The van der Waals surface area contributed by atoms with Crippen molar-refractivity contribution in [1.29, 1.82) is 0 Å². The number of aryl methyl sites for hydroxylation is 1. The van der Waals surface area contributed by atoms with Crippen LogP contribution in [0.25, 0.3) is 0 Å². The maximum absolute atomic E-state index is 2.68. The zero-order valence-electron chi connectivity index (χ0n) is 19.3. The van der Waals surface area contributed by atoms with E-state index in [-0.39, 0.29) is 0 Å². The van der Waals surface area contributed by atoms with Crippen LogP contribution < -0.4 is 0 Å². The van der Waals surface area contributed by atoms with Gasteiger partial charge in [0.25, 0.3) is 0 Å². The Hall–Kier alpha value is -1.04. The molecule has 1 aromatic carbocycles. The van der Waals surface area contributed by atoms with Crippen LogP contribution in [0.4, 0.5) is 0 Å². The highest BCUT2D eigenvalue weighted by Gasteiger charge is 2.50. The molecule has 0 aromatic heterocycles. The first-order valence-electron chi connectivity index (χ1n) is 12.2. The molecule has 3 aliphatic carbocycles. The number of hydrogen-bond acceptors (Lipinski definition) is 0. The summed E-state index contributed by atoms with van der Waals surface area (Å²) in [6.45, 7) is 14.6. The molecule has 5 unspecified atom stereocenters. The van der Waals surface area contributed by atoms with Gasteiger partial charge in [0.2, 0.25) is 0 Å². The fraction of sp³-hybridized carbons (Fsp3) is 0.714. The summed E-state index contributed by atoms with van der Waals surface area (Å²) in [5.41, 5.74) is 9.11. The number of rotatable bonds is 4. The molecule has 1 aromatic rings. The van der Waals surface area contributed by atoms with Gasteiger partial charge >= 0.3 is 0 Å². The lowest BCUT2D eigenvalue weighted by atomic mass is 9.60. The monoisotopic (exact) mass is 378 g/mol. The van der Waals surface area contributed by atoms with Crippen molar-refractivity contribution in [3.63, 3.8) is 0 Å². The van der Waals surface area contributed by atoms with Crippen LogP contribution in [-0.2, 0) is 19.3 Å². The molecule has 4 rings (SSSR count). The van der Waals surface area contributed by atoms with E-state index < -0.39 is 0 Å². The van der Waals surface area contributed by atoms with E-state index in [1.807, 2.05) is 0 Å². The molecule has 1 saturated carbocycles. The summed E-state index contributed by atoms with van der Waals surface area (Å²) in [5, 5.41) is 0. The van der Waals surface area contributed by atoms with Gasteiger partial charge in [-0.05, 0) is 121 Å². The van der Waals surface area contributed by atoms with Gasteiger partial charge in [-0.1, -0.05) is 52.8 Å². The molecular weight excluding hydrogens is 336 g/mol. The molecule has 0 aliphatic heterocycles. The van der Waals surface area contributed by atoms with Crippen molar-refractivity contribution in [2.24, 2.45) is 29.1 Å². The fourth-order valence-electron chi connectivity index (χ4n) is 6.93. The lowest BCUT2D eigenvalue weighted by Crippen LogP contribution is -2.35. The van der Waals surface area contributed by atoms with E-state index in [2.05, 4.69) is 59.8 Å². The Morgan fingerprint density at radius 1 is 0.964 bits per heavy atom. The minimum Gasteiger partial charge on any atom is -0.0852 e. The predicted octanol–water partition coefficient (Wildman–Crippen LogP) is 7.80. The average molecular weight is 379 g/mol. The van der Waals surface area contributed by atoms with Gasteiger partial charge in [-0.3, -0.25) is 0 Å². The van der Waals surface area contributed by atoms with E-state index in [9.17, 15) is 0 Å². The Morgan fingerprint density at radius 3 is 2.46 bits per heavy atom. The Kier molecular flexibility index (Phi) is 5.54. The van der Waals surface area contributed by atoms with Gasteiger partial charge < -0.3 is 0 Å². The van der Waals surface area contributed by atoms with Crippen molar-refractivity contribution in [2.45, 2.75) is 98.8 Å². The highest BCUT2D eigenvalue weighted by molar-refractivity contribution is 5.50. The summed E-state index contributed by atoms with van der Waals surface area (Å²) in [5.74, 6) is 3.78. The molecule has 5 atom stereocenters. The van der Waals surface area contributed by atoms with Crippen molar-refractivity contribution in [3.05, 3.63) is 46.0 Å². The lowest BCUT2D eigenvalue weighted by Gasteiger charge is -2.44. The van der Waals surface area contributed by atoms with Crippen molar-refractivity contribution in [1.82, 2.24) is 0 Å². The second-order valence-electron chi connectivity index (χ2n) is 11.0. The van der Waals surface area contributed by atoms with Gasteiger partial charge in [-0.25, -0.2) is 0 Å². The predicted molar refractivity (Wildman–Crippen MR) is 122 cm³/mol. The SMILES string of the molecule is Cc1c2c(cc3c1CCC1(C)C3CCC1C(C)/C=C/C(C)C(C)C)CCCC2. The van der Waals surface area contributed by atoms with Crippen molar-refractivity contribution >= 4 is 0 Å². The maximum atomic E-state index is 2.68. The van der Waals surface area contributed by atoms with Crippen LogP contribution in [0.2, 0.25) is 0 Å². The van der Waals surface area contributed by atoms with Gasteiger partial charge in [-0.15, -0.1) is 0 Å². The molecule has 154 valence electrons.